The van der Waals surface area contributed by atoms with Crippen molar-refractivity contribution in [3.8, 4) is 5.75 Å². The van der Waals surface area contributed by atoms with Gasteiger partial charge in [0.05, 0.1) is 18.4 Å². The largest absolute Gasteiger partial charge is 0.494 e. The number of carbonyl (C=O) groups is 1. The molecule has 0 unspecified atom stereocenters. The van der Waals surface area contributed by atoms with Crippen LogP contribution in [0, 0.1) is 5.92 Å². The van der Waals surface area contributed by atoms with Crippen molar-refractivity contribution in [2.45, 2.75) is 32.2 Å². The lowest BCUT2D eigenvalue weighted by molar-refractivity contribution is -0.122. The minimum atomic E-state index is 0.0978. The van der Waals surface area contributed by atoms with Crippen LogP contribution in [0.4, 0.5) is 5.13 Å². The highest BCUT2D eigenvalue weighted by Gasteiger charge is 2.30. The summed E-state index contributed by atoms with van der Waals surface area (Å²) < 4.78 is 6.45. The molecule has 0 saturated heterocycles. The minimum absolute atomic E-state index is 0.0978. The third-order valence-electron chi connectivity index (χ3n) is 4.86. The van der Waals surface area contributed by atoms with E-state index < -0.39 is 0 Å². The summed E-state index contributed by atoms with van der Waals surface area (Å²) in [5, 5.41) is 0.727. The van der Waals surface area contributed by atoms with Gasteiger partial charge in [-0.1, -0.05) is 36.3 Å². The van der Waals surface area contributed by atoms with Crippen LogP contribution in [0.3, 0.4) is 0 Å². The molecule has 1 aromatic carbocycles. The number of benzene rings is 1. The standard InChI is InChI=1S/C20H21N3O2S/c1-25-16-9-4-10-17-18(16)22-20(26-17)23(13-14-6-5-11-21-12-14)19(24)15-7-2-3-8-15/h4-6,9-12,15H,2-3,7-8,13H2,1H3. The fourth-order valence-corrected chi connectivity index (χ4v) is 4.49. The van der Waals surface area contributed by atoms with Crippen LogP contribution >= 0.6 is 11.3 Å². The third kappa shape index (κ3) is 3.29. The molecule has 26 heavy (non-hydrogen) atoms. The van der Waals surface area contributed by atoms with Crippen LogP contribution in [0.25, 0.3) is 10.2 Å². The van der Waals surface area contributed by atoms with Gasteiger partial charge in [0.15, 0.2) is 5.13 Å². The maximum Gasteiger partial charge on any atom is 0.232 e. The number of rotatable bonds is 5. The fourth-order valence-electron chi connectivity index (χ4n) is 3.50. The van der Waals surface area contributed by atoms with Crippen LogP contribution < -0.4 is 9.64 Å². The number of ether oxygens (including phenoxy) is 1. The van der Waals surface area contributed by atoms with Gasteiger partial charge in [-0.15, -0.1) is 0 Å². The molecule has 5 nitrogen and oxygen atoms in total. The highest BCUT2D eigenvalue weighted by Crippen LogP contribution is 2.36. The van der Waals surface area contributed by atoms with E-state index in [9.17, 15) is 4.79 Å². The number of carbonyl (C=O) groups excluding carboxylic acids is 1. The number of hydrogen-bond acceptors (Lipinski definition) is 5. The van der Waals surface area contributed by atoms with E-state index in [0.717, 1.165) is 52.3 Å². The van der Waals surface area contributed by atoms with Crippen LogP contribution in [-0.4, -0.2) is 23.0 Å². The molecule has 1 amide bonds. The maximum atomic E-state index is 13.2. The summed E-state index contributed by atoms with van der Waals surface area (Å²) >= 11 is 1.53. The molecular weight excluding hydrogens is 346 g/mol. The van der Waals surface area contributed by atoms with Crippen molar-refractivity contribution in [1.82, 2.24) is 9.97 Å². The Labute approximate surface area is 156 Å². The Morgan fingerprint density at radius 1 is 1.27 bits per heavy atom. The van der Waals surface area contributed by atoms with E-state index in [2.05, 4.69) is 4.98 Å². The van der Waals surface area contributed by atoms with Crippen LogP contribution in [0.1, 0.15) is 31.2 Å². The Morgan fingerprint density at radius 2 is 2.12 bits per heavy atom. The average molecular weight is 367 g/mol. The lowest BCUT2D eigenvalue weighted by atomic mass is 10.1. The molecule has 0 aliphatic heterocycles. The van der Waals surface area contributed by atoms with Crippen molar-refractivity contribution < 1.29 is 9.53 Å². The van der Waals surface area contributed by atoms with Gasteiger partial charge >= 0.3 is 0 Å². The second kappa shape index (κ2) is 7.41. The maximum absolute atomic E-state index is 13.2. The number of anilines is 1. The number of para-hydroxylation sites is 1. The first-order valence-corrected chi connectivity index (χ1v) is 9.72. The van der Waals surface area contributed by atoms with Gasteiger partial charge in [-0.2, -0.15) is 0 Å². The van der Waals surface area contributed by atoms with E-state index >= 15 is 0 Å². The number of methoxy groups -OCH3 is 1. The molecular formula is C20H21N3O2S. The van der Waals surface area contributed by atoms with Crippen LogP contribution in [0.5, 0.6) is 5.75 Å². The normalized spacial score (nSPS) is 14.7. The molecule has 0 spiro atoms. The van der Waals surface area contributed by atoms with E-state index in [4.69, 9.17) is 9.72 Å². The minimum Gasteiger partial charge on any atom is -0.494 e. The second-order valence-corrected chi connectivity index (χ2v) is 7.58. The van der Waals surface area contributed by atoms with Crippen molar-refractivity contribution in [2.75, 3.05) is 12.0 Å². The highest BCUT2D eigenvalue weighted by atomic mass is 32.1. The molecule has 1 aliphatic rings. The number of nitrogens with zero attached hydrogens (tertiary/aromatic N) is 3. The Balaban J connectivity index is 1.73. The van der Waals surface area contributed by atoms with Gasteiger partial charge in [0.1, 0.15) is 11.3 Å². The van der Waals surface area contributed by atoms with Gasteiger partial charge in [0, 0.05) is 18.3 Å². The lowest BCUT2D eigenvalue weighted by Gasteiger charge is -2.23. The summed E-state index contributed by atoms with van der Waals surface area (Å²) in [5.41, 5.74) is 1.82. The van der Waals surface area contributed by atoms with Gasteiger partial charge < -0.3 is 4.74 Å². The summed E-state index contributed by atoms with van der Waals surface area (Å²) in [6, 6.07) is 9.76. The Bertz CT molecular complexity index is 904. The first-order valence-electron chi connectivity index (χ1n) is 8.90. The van der Waals surface area contributed by atoms with Crippen molar-refractivity contribution in [2.24, 2.45) is 5.92 Å². The zero-order chi connectivity index (χ0) is 17.9. The number of aromatic nitrogens is 2. The highest BCUT2D eigenvalue weighted by molar-refractivity contribution is 7.22. The van der Waals surface area contributed by atoms with Crippen molar-refractivity contribution in [3.05, 3.63) is 48.3 Å². The average Bonchev–Trinajstić information content (AvgIpc) is 3.35. The van der Waals surface area contributed by atoms with Crippen molar-refractivity contribution in [1.29, 1.82) is 0 Å². The SMILES string of the molecule is COc1cccc2sc(N(Cc3cccnc3)C(=O)C3CCCC3)nc12. The number of thiazole rings is 1. The molecule has 6 heteroatoms. The van der Waals surface area contributed by atoms with E-state index in [1.165, 1.54) is 11.3 Å². The first kappa shape index (κ1) is 17.0. The topological polar surface area (TPSA) is 55.3 Å². The summed E-state index contributed by atoms with van der Waals surface area (Å²) in [7, 11) is 1.64. The quantitative estimate of drug-likeness (QED) is 0.670. The van der Waals surface area contributed by atoms with E-state index in [1.54, 1.807) is 13.3 Å². The predicted octanol–water partition coefficient (Wildman–Crippen LogP) is 4.42. The molecule has 3 aromatic rings. The van der Waals surface area contributed by atoms with Crippen LogP contribution in [-0.2, 0) is 11.3 Å². The Hall–Kier alpha value is -2.47. The number of fused-ring (bicyclic) bond motifs is 1. The van der Waals surface area contributed by atoms with Crippen molar-refractivity contribution in [3.63, 3.8) is 0 Å². The zero-order valence-electron chi connectivity index (χ0n) is 14.7. The van der Waals surface area contributed by atoms with Gasteiger partial charge in [-0.05, 0) is 36.6 Å². The van der Waals surface area contributed by atoms with Gasteiger partial charge in [-0.25, -0.2) is 4.98 Å². The van der Waals surface area contributed by atoms with Gasteiger partial charge in [-0.3, -0.25) is 14.7 Å². The molecule has 2 heterocycles. The molecule has 1 saturated carbocycles. The monoisotopic (exact) mass is 367 g/mol. The first-order chi connectivity index (χ1) is 12.8. The van der Waals surface area contributed by atoms with E-state index in [1.807, 2.05) is 41.4 Å². The summed E-state index contributed by atoms with van der Waals surface area (Å²) in [6.07, 6.45) is 7.75. The lowest BCUT2D eigenvalue weighted by Crippen LogP contribution is -2.34. The molecule has 1 fully saturated rings. The smallest absolute Gasteiger partial charge is 0.232 e. The second-order valence-electron chi connectivity index (χ2n) is 6.57. The Kier molecular flexibility index (Phi) is 4.84. The molecule has 4 rings (SSSR count). The molecule has 0 radical (unpaired) electrons. The van der Waals surface area contributed by atoms with Crippen molar-refractivity contribution >= 4 is 32.6 Å². The number of hydrogen-bond donors (Lipinski definition) is 0. The molecule has 2 aromatic heterocycles. The molecule has 1 aliphatic carbocycles. The van der Waals surface area contributed by atoms with Crippen LogP contribution in [0.15, 0.2) is 42.7 Å². The summed E-state index contributed by atoms with van der Waals surface area (Å²) in [4.78, 5) is 24.0. The Morgan fingerprint density at radius 3 is 2.85 bits per heavy atom. The number of pyridine rings is 1. The van der Waals surface area contributed by atoms with Gasteiger partial charge in [0.25, 0.3) is 0 Å². The van der Waals surface area contributed by atoms with E-state index in [0.29, 0.717) is 6.54 Å². The van der Waals surface area contributed by atoms with E-state index in [-0.39, 0.29) is 11.8 Å². The molecule has 0 atom stereocenters. The summed E-state index contributed by atoms with van der Waals surface area (Å²) in [5.74, 6) is 1.00. The molecule has 0 N–H and O–H groups in total. The summed E-state index contributed by atoms with van der Waals surface area (Å²) in [6.45, 7) is 0.491. The molecule has 134 valence electrons. The fraction of sp³-hybridized carbons (Fsp3) is 0.350. The third-order valence-corrected chi connectivity index (χ3v) is 5.90. The van der Waals surface area contributed by atoms with Gasteiger partial charge in [0.2, 0.25) is 5.91 Å². The predicted molar refractivity (Wildman–Crippen MR) is 104 cm³/mol. The zero-order valence-corrected chi connectivity index (χ0v) is 15.5. The molecule has 0 bridgehead atoms. The number of amides is 1. The van der Waals surface area contributed by atoms with Crippen LogP contribution in [0.2, 0.25) is 0 Å².